The third-order valence-electron chi connectivity index (χ3n) is 1.65. The predicted molar refractivity (Wildman–Crippen MR) is 73.2 cm³/mol. The molecular formula is C14H9ClO2S. The van der Waals surface area contributed by atoms with Crippen molar-refractivity contribution >= 4 is 28.9 Å². The summed E-state index contributed by atoms with van der Waals surface area (Å²) in [6, 6.07) is 3.68. The Morgan fingerprint density at radius 1 is 1.50 bits per heavy atom. The molecule has 0 saturated heterocycles. The van der Waals surface area contributed by atoms with Crippen LogP contribution in [0.15, 0.2) is 12.1 Å². The molecule has 0 radical (unpaired) electrons. The third-order valence-corrected chi connectivity index (χ3v) is 2.80. The van der Waals surface area contributed by atoms with E-state index in [1.807, 2.05) is 12.1 Å². The number of thiophene rings is 1. The molecule has 1 unspecified atom stereocenters. The lowest BCUT2D eigenvalue weighted by Gasteiger charge is -2.00. The van der Waals surface area contributed by atoms with Crippen LogP contribution in [0.1, 0.15) is 16.7 Å². The van der Waals surface area contributed by atoms with E-state index in [4.69, 9.17) is 22.8 Å². The zero-order chi connectivity index (χ0) is 13.4. The van der Waals surface area contributed by atoms with Crippen molar-refractivity contribution in [2.24, 2.45) is 0 Å². The minimum Gasteiger partial charge on any atom is -0.463 e. The highest BCUT2D eigenvalue weighted by Gasteiger charge is 2.02. The zero-order valence-corrected chi connectivity index (χ0v) is 11.2. The minimum absolute atomic E-state index is 0.0824. The maximum Gasteiger partial charge on any atom is 0.302 e. The van der Waals surface area contributed by atoms with E-state index >= 15 is 0 Å². The van der Waals surface area contributed by atoms with Gasteiger partial charge >= 0.3 is 5.97 Å². The standard InChI is InChI=1S/C14H9ClO2S/c1-3-4-5-13-8-9-14(18-13)7-6-12(15)10-17-11(2)16/h1,8-9,12H,10H2,2H3. The van der Waals surface area contributed by atoms with Gasteiger partial charge in [-0.25, -0.2) is 0 Å². The van der Waals surface area contributed by atoms with Crippen molar-refractivity contribution in [1.29, 1.82) is 0 Å². The van der Waals surface area contributed by atoms with Gasteiger partial charge in [0.1, 0.15) is 12.0 Å². The number of ether oxygens (including phenoxy) is 1. The number of rotatable bonds is 2. The average Bonchev–Trinajstić information content (AvgIpc) is 2.79. The van der Waals surface area contributed by atoms with Gasteiger partial charge in [0.05, 0.1) is 9.75 Å². The Labute approximate surface area is 115 Å². The van der Waals surface area contributed by atoms with Crippen LogP contribution >= 0.6 is 22.9 Å². The van der Waals surface area contributed by atoms with Crippen LogP contribution in [-0.4, -0.2) is 18.0 Å². The van der Waals surface area contributed by atoms with Gasteiger partial charge in [0.2, 0.25) is 0 Å². The van der Waals surface area contributed by atoms with Crippen LogP contribution in [0.25, 0.3) is 0 Å². The summed E-state index contributed by atoms with van der Waals surface area (Å²) in [4.78, 5) is 12.3. The van der Waals surface area contributed by atoms with Crippen LogP contribution in [-0.2, 0) is 9.53 Å². The third kappa shape index (κ3) is 5.46. The van der Waals surface area contributed by atoms with E-state index < -0.39 is 5.38 Å². The number of hydrogen-bond acceptors (Lipinski definition) is 3. The second-order valence-corrected chi connectivity index (χ2v) is 4.71. The van der Waals surface area contributed by atoms with E-state index in [1.54, 1.807) is 0 Å². The molecule has 0 fully saturated rings. The second-order valence-electron chi connectivity index (χ2n) is 3.10. The molecule has 1 rings (SSSR count). The number of carbonyl (C=O) groups excluding carboxylic acids is 1. The summed E-state index contributed by atoms with van der Waals surface area (Å²) < 4.78 is 4.74. The van der Waals surface area contributed by atoms with Crippen molar-refractivity contribution in [2.45, 2.75) is 12.3 Å². The van der Waals surface area contributed by atoms with Gasteiger partial charge in [0, 0.05) is 6.92 Å². The maximum absolute atomic E-state index is 10.6. The van der Waals surface area contributed by atoms with Gasteiger partial charge in [-0.1, -0.05) is 11.8 Å². The first kappa shape index (κ1) is 14.2. The molecule has 4 heteroatoms. The second kappa shape index (κ2) is 7.46. The summed E-state index contributed by atoms with van der Waals surface area (Å²) in [6.07, 6.45) is 5.03. The number of halogens is 1. The molecule has 1 heterocycles. The Bertz CT molecular complexity index is 587. The van der Waals surface area contributed by atoms with Crippen LogP contribution in [0, 0.1) is 36.0 Å². The van der Waals surface area contributed by atoms with Gasteiger partial charge in [-0.15, -0.1) is 29.4 Å². The van der Waals surface area contributed by atoms with Crippen LogP contribution in [0.5, 0.6) is 0 Å². The Morgan fingerprint density at radius 3 is 2.78 bits per heavy atom. The lowest BCUT2D eigenvalue weighted by atomic mass is 10.4. The first-order valence-electron chi connectivity index (χ1n) is 4.97. The van der Waals surface area contributed by atoms with E-state index in [0.717, 1.165) is 9.75 Å². The fourth-order valence-corrected chi connectivity index (χ4v) is 1.79. The lowest BCUT2D eigenvalue weighted by molar-refractivity contribution is -0.140. The number of esters is 1. The highest BCUT2D eigenvalue weighted by molar-refractivity contribution is 7.13. The highest BCUT2D eigenvalue weighted by Crippen LogP contribution is 2.14. The molecule has 0 spiro atoms. The molecule has 0 aliphatic carbocycles. The number of alkyl halides is 1. The quantitative estimate of drug-likeness (QED) is 0.470. The first-order chi connectivity index (χ1) is 8.61. The van der Waals surface area contributed by atoms with Gasteiger partial charge in [0.15, 0.2) is 0 Å². The molecule has 0 amide bonds. The van der Waals surface area contributed by atoms with Crippen LogP contribution in [0.3, 0.4) is 0 Å². The number of terminal acetylenes is 1. The zero-order valence-electron chi connectivity index (χ0n) is 9.62. The van der Waals surface area contributed by atoms with Gasteiger partial charge in [-0.05, 0) is 29.9 Å². The van der Waals surface area contributed by atoms with E-state index in [2.05, 4.69) is 29.6 Å². The number of hydrogen-bond donors (Lipinski definition) is 0. The summed E-state index contributed by atoms with van der Waals surface area (Å²) in [6.45, 7) is 1.41. The molecule has 90 valence electrons. The molecule has 1 aromatic heterocycles. The largest absolute Gasteiger partial charge is 0.463 e. The molecule has 0 aliphatic rings. The molecule has 0 aromatic carbocycles. The Hall–Kier alpha value is -1.86. The Balaban J connectivity index is 2.60. The molecule has 18 heavy (non-hydrogen) atoms. The van der Waals surface area contributed by atoms with Crippen LogP contribution < -0.4 is 0 Å². The minimum atomic E-state index is -0.517. The fourth-order valence-electron chi connectivity index (χ4n) is 0.952. The number of carbonyl (C=O) groups is 1. The summed E-state index contributed by atoms with van der Waals surface area (Å²) in [7, 11) is 0. The fraction of sp³-hybridized carbons (Fsp3) is 0.214. The van der Waals surface area contributed by atoms with Crippen molar-refractivity contribution < 1.29 is 9.53 Å². The molecule has 0 saturated carbocycles. The molecule has 0 aliphatic heterocycles. The van der Waals surface area contributed by atoms with Gasteiger partial charge in [0.25, 0.3) is 0 Å². The van der Waals surface area contributed by atoms with E-state index in [-0.39, 0.29) is 12.6 Å². The van der Waals surface area contributed by atoms with Crippen molar-refractivity contribution in [3.63, 3.8) is 0 Å². The first-order valence-corrected chi connectivity index (χ1v) is 6.22. The monoisotopic (exact) mass is 276 g/mol. The van der Waals surface area contributed by atoms with Gasteiger partial charge in [-0.3, -0.25) is 4.79 Å². The van der Waals surface area contributed by atoms with E-state index in [9.17, 15) is 4.79 Å². The molecular weight excluding hydrogens is 268 g/mol. The molecule has 1 aromatic rings. The highest BCUT2D eigenvalue weighted by atomic mass is 35.5. The van der Waals surface area contributed by atoms with Crippen molar-refractivity contribution in [1.82, 2.24) is 0 Å². The summed E-state index contributed by atoms with van der Waals surface area (Å²) in [5, 5.41) is -0.517. The molecule has 2 nitrogen and oxygen atoms in total. The molecule has 0 bridgehead atoms. The van der Waals surface area contributed by atoms with Crippen molar-refractivity contribution in [3.8, 4) is 36.0 Å². The van der Waals surface area contributed by atoms with Crippen molar-refractivity contribution in [2.75, 3.05) is 6.61 Å². The molecule has 1 atom stereocenters. The summed E-state index contributed by atoms with van der Waals surface area (Å²) >= 11 is 7.29. The summed E-state index contributed by atoms with van der Waals surface area (Å²) in [5.74, 6) is 12.9. The SMILES string of the molecule is C#CC#Cc1ccc(C#CC(Cl)COC(C)=O)s1. The van der Waals surface area contributed by atoms with Crippen LogP contribution in [0.2, 0.25) is 0 Å². The maximum atomic E-state index is 10.6. The topological polar surface area (TPSA) is 26.3 Å². The Morgan fingerprint density at radius 2 is 2.17 bits per heavy atom. The Kier molecular flexibility index (Phi) is 5.89. The predicted octanol–water partition coefficient (Wildman–Crippen LogP) is 2.25. The summed E-state index contributed by atoms with van der Waals surface area (Å²) in [5.41, 5.74) is 0. The van der Waals surface area contributed by atoms with Gasteiger partial charge in [-0.2, -0.15) is 0 Å². The lowest BCUT2D eigenvalue weighted by Crippen LogP contribution is -2.09. The van der Waals surface area contributed by atoms with Gasteiger partial charge < -0.3 is 4.74 Å². The van der Waals surface area contributed by atoms with Crippen molar-refractivity contribution in [3.05, 3.63) is 21.9 Å². The smallest absolute Gasteiger partial charge is 0.302 e. The average molecular weight is 277 g/mol. The molecule has 0 N–H and O–H groups in total. The van der Waals surface area contributed by atoms with E-state index in [1.165, 1.54) is 18.3 Å². The normalized spacial score (nSPS) is 10.1. The van der Waals surface area contributed by atoms with Crippen LogP contribution in [0.4, 0.5) is 0 Å². The van der Waals surface area contributed by atoms with E-state index in [0.29, 0.717) is 0 Å².